The second kappa shape index (κ2) is 1.62. The van der Waals surface area contributed by atoms with Gasteiger partial charge in [-0.25, -0.2) is 4.98 Å². The summed E-state index contributed by atoms with van der Waals surface area (Å²) < 4.78 is 7.22. The first kappa shape index (κ1) is 5.53. The topological polar surface area (TPSA) is 30.4 Å². The summed E-state index contributed by atoms with van der Waals surface area (Å²) in [5, 5.41) is 0. The Morgan fingerprint density at radius 3 is 3.00 bits per heavy atom. The molecular weight excluding hydrogens is 128 g/mol. The number of nitrogens with zero attached hydrogens (tertiary/aromatic N) is 2. The molecule has 0 aliphatic heterocycles. The van der Waals surface area contributed by atoms with E-state index in [2.05, 4.69) is 4.98 Å². The normalized spacial score (nSPS) is 11.0. The van der Waals surface area contributed by atoms with Crippen LogP contribution in [0.3, 0.4) is 0 Å². The van der Waals surface area contributed by atoms with Crippen LogP contribution in [0.25, 0.3) is 5.84 Å². The zero-order valence-electron chi connectivity index (χ0n) is 5.96. The Morgan fingerprint density at radius 1 is 1.50 bits per heavy atom. The molecule has 0 N–H and O–H groups in total. The van der Waals surface area contributed by atoms with E-state index in [0.717, 1.165) is 11.5 Å². The van der Waals surface area contributed by atoms with Gasteiger partial charge in [0, 0.05) is 12.4 Å². The van der Waals surface area contributed by atoms with Crippen LogP contribution in [0.1, 0.15) is 11.5 Å². The Balaban J connectivity index is 2.95. The molecule has 0 unspecified atom stereocenters. The molecule has 3 nitrogen and oxygen atoms in total. The van der Waals surface area contributed by atoms with Crippen LogP contribution in [0.2, 0.25) is 0 Å². The van der Waals surface area contributed by atoms with Crippen LogP contribution in [0, 0.1) is 13.8 Å². The van der Waals surface area contributed by atoms with Gasteiger partial charge in [0.05, 0.1) is 5.69 Å². The highest BCUT2D eigenvalue weighted by molar-refractivity contribution is 5.29. The van der Waals surface area contributed by atoms with Crippen molar-refractivity contribution in [2.24, 2.45) is 0 Å². The Kier molecular flexibility index (Phi) is 0.897. The Hall–Kier alpha value is -1.25. The van der Waals surface area contributed by atoms with Gasteiger partial charge < -0.3 is 4.42 Å². The molecule has 0 fully saturated rings. The SMILES string of the molecule is Cc1oc2nccn2c1C. The largest absolute Gasteiger partial charge is 0.428 e. The summed E-state index contributed by atoms with van der Waals surface area (Å²) in [6, 6.07) is 0. The molecule has 0 saturated heterocycles. The van der Waals surface area contributed by atoms with Gasteiger partial charge in [0.1, 0.15) is 5.76 Å². The van der Waals surface area contributed by atoms with Crippen molar-refractivity contribution in [3.8, 4) is 0 Å². The Labute approximate surface area is 58.3 Å². The van der Waals surface area contributed by atoms with Gasteiger partial charge in [0.15, 0.2) is 0 Å². The molecule has 2 heterocycles. The minimum atomic E-state index is 0.676. The maximum absolute atomic E-state index is 5.29. The van der Waals surface area contributed by atoms with Crippen LogP contribution in [0.15, 0.2) is 16.8 Å². The minimum absolute atomic E-state index is 0.676. The Bertz CT molecular complexity index is 358. The zero-order chi connectivity index (χ0) is 7.14. The fourth-order valence-corrected chi connectivity index (χ4v) is 1.00. The van der Waals surface area contributed by atoms with E-state index in [1.165, 1.54) is 0 Å². The van der Waals surface area contributed by atoms with Gasteiger partial charge in [0.25, 0.3) is 0 Å². The van der Waals surface area contributed by atoms with Gasteiger partial charge in [-0.2, -0.15) is 0 Å². The summed E-state index contributed by atoms with van der Waals surface area (Å²) in [5.74, 6) is 1.61. The maximum atomic E-state index is 5.29. The molecule has 10 heavy (non-hydrogen) atoms. The third-order valence-electron chi connectivity index (χ3n) is 1.72. The molecule has 2 aromatic heterocycles. The number of imidazole rings is 1. The third-order valence-corrected chi connectivity index (χ3v) is 1.72. The molecular formula is C7H8N2O. The van der Waals surface area contributed by atoms with Gasteiger partial charge in [-0.1, -0.05) is 0 Å². The smallest absolute Gasteiger partial charge is 0.306 e. The van der Waals surface area contributed by atoms with E-state index in [-0.39, 0.29) is 0 Å². The Morgan fingerprint density at radius 2 is 2.30 bits per heavy atom. The van der Waals surface area contributed by atoms with Crippen molar-refractivity contribution in [1.82, 2.24) is 9.38 Å². The van der Waals surface area contributed by atoms with Crippen molar-refractivity contribution in [2.45, 2.75) is 13.8 Å². The second-order valence-electron chi connectivity index (χ2n) is 2.32. The molecule has 2 aromatic rings. The van der Waals surface area contributed by atoms with Gasteiger partial charge in [-0.3, -0.25) is 4.40 Å². The van der Waals surface area contributed by atoms with Crippen LogP contribution in [0.5, 0.6) is 0 Å². The molecule has 0 amide bonds. The number of aromatic nitrogens is 2. The summed E-state index contributed by atoms with van der Waals surface area (Å²) in [4.78, 5) is 4.00. The average Bonchev–Trinajstić information content (AvgIpc) is 2.41. The first-order valence-corrected chi connectivity index (χ1v) is 3.18. The van der Waals surface area contributed by atoms with Crippen molar-refractivity contribution in [2.75, 3.05) is 0 Å². The van der Waals surface area contributed by atoms with Gasteiger partial charge >= 0.3 is 5.84 Å². The van der Waals surface area contributed by atoms with Crippen molar-refractivity contribution >= 4 is 5.84 Å². The summed E-state index contributed by atoms with van der Waals surface area (Å²) in [7, 11) is 0. The highest BCUT2D eigenvalue weighted by atomic mass is 16.4. The quantitative estimate of drug-likeness (QED) is 0.550. The highest BCUT2D eigenvalue weighted by Gasteiger charge is 2.04. The highest BCUT2D eigenvalue weighted by Crippen LogP contribution is 2.12. The molecule has 0 atom stereocenters. The minimum Gasteiger partial charge on any atom is -0.428 e. The number of oxazole rings is 1. The number of hydrogen-bond acceptors (Lipinski definition) is 2. The van der Waals surface area contributed by atoms with Crippen LogP contribution >= 0.6 is 0 Å². The van der Waals surface area contributed by atoms with E-state index >= 15 is 0 Å². The predicted octanol–water partition coefficient (Wildman–Crippen LogP) is 1.54. The number of fused-ring (bicyclic) bond motifs is 1. The second-order valence-corrected chi connectivity index (χ2v) is 2.32. The molecule has 0 aromatic carbocycles. The number of aryl methyl sites for hydroxylation is 2. The molecule has 0 aliphatic carbocycles. The fraction of sp³-hybridized carbons (Fsp3) is 0.286. The molecule has 0 saturated carbocycles. The predicted molar refractivity (Wildman–Crippen MR) is 36.9 cm³/mol. The lowest BCUT2D eigenvalue weighted by Gasteiger charge is -1.83. The van der Waals surface area contributed by atoms with Crippen molar-refractivity contribution in [3.05, 3.63) is 23.8 Å². The lowest BCUT2D eigenvalue weighted by Crippen LogP contribution is -1.80. The van der Waals surface area contributed by atoms with E-state index in [1.54, 1.807) is 6.20 Å². The van der Waals surface area contributed by atoms with E-state index in [1.807, 2.05) is 24.4 Å². The van der Waals surface area contributed by atoms with Crippen molar-refractivity contribution in [3.63, 3.8) is 0 Å². The summed E-state index contributed by atoms with van der Waals surface area (Å²) in [6.45, 7) is 3.94. The van der Waals surface area contributed by atoms with E-state index < -0.39 is 0 Å². The third kappa shape index (κ3) is 0.518. The van der Waals surface area contributed by atoms with E-state index in [4.69, 9.17) is 4.42 Å². The lowest BCUT2D eigenvalue weighted by atomic mass is 10.4. The van der Waals surface area contributed by atoms with Crippen LogP contribution < -0.4 is 0 Å². The number of hydrogen-bond donors (Lipinski definition) is 0. The van der Waals surface area contributed by atoms with E-state index in [0.29, 0.717) is 5.84 Å². The summed E-state index contributed by atoms with van der Waals surface area (Å²) >= 11 is 0. The molecule has 0 radical (unpaired) electrons. The first-order valence-electron chi connectivity index (χ1n) is 3.18. The molecule has 0 bridgehead atoms. The van der Waals surface area contributed by atoms with Crippen LogP contribution in [0.4, 0.5) is 0 Å². The van der Waals surface area contributed by atoms with Gasteiger partial charge in [0.2, 0.25) is 0 Å². The average molecular weight is 136 g/mol. The molecule has 2 rings (SSSR count). The van der Waals surface area contributed by atoms with Crippen LogP contribution in [-0.2, 0) is 0 Å². The van der Waals surface area contributed by atoms with Gasteiger partial charge in [-0.15, -0.1) is 0 Å². The molecule has 0 aliphatic rings. The summed E-state index contributed by atoms with van der Waals surface area (Å²) in [5.41, 5.74) is 1.12. The van der Waals surface area contributed by atoms with Crippen LogP contribution in [-0.4, -0.2) is 9.38 Å². The first-order chi connectivity index (χ1) is 4.79. The fourth-order valence-electron chi connectivity index (χ4n) is 1.00. The van der Waals surface area contributed by atoms with Crippen molar-refractivity contribution in [1.29, 1.82) is 0 Å². The molecule has 3 heteroatoms. The van der Waals surface area contributed by atoms with Crippen molar-refractivity contribution < 1.29 is 4.42 Å². The monoisotopic (exact) mass is 136 g/mol. The zero-order valence-corrected chi connectivity index (χ0v) is 5.96. The number of rotatable bonds is 0. The maximum Gasteiger partial charge on any atom is 0.306 e. The lowest BCUT2D eigenvalue weighted by molar-refractivity contribution is 0.560. The standard InChI is InChI=1S/C7H8N2O/c1-5-6(2)10-7-8-3-4-9(5)7/h3-4H,1-2H3. The summed E-state index contributed by atoms with van der Waals surface area (Å²) in [6.07, 6.45) is 3.62. The molecule has 0 spiro atoms. The molecule has 52 valence electrons. The van der Waals surface area contributed by atoms with E-state index in [9.17, 15) is 0 Å². The van der Waals surface area contributed by atoms with Gasteiger partial charge in [-0.05, 0) is 13.8 Å².